The van der Waals surface area contributed by atoms with Crippen molar-refractivity contribution in [3.05, 3.63) is 33.9 Å². The molecule has 84 valence electrons. The number of aryl methyl sites for hydroxylation is 2. The third-order valence-electron chi connectivity index (χ3n) is 3.17. The van der Waals surface area contributed by atoms with Gasteiger partial charge in [0.15, 0.2) is 0 Å². The van der Waals surface area contributed by atoms with Gasteiger partial charge in [-0.1, -0.05) is 6.07 Å². The van der Waals surface area contributed by atoms with E-state index in [1.807, 2.05) is 7.05 Å². The quantitative estimate of drug-likeness (QED) is 0.401. The van der Waals surface area contributed by atoms with E-state index in [1.165, 1.54) is 27.8 Å². The molecule has 1 rings (SSSR count). The van der Waals surface area contributed by atoms with Gasteiger partial charge in [0.2, 0.25) is 0 Å². The van der Waals surface area contributed by atoms with Crippen molar-refractivity contribution in [2.75, 3.05) is 7.05 Å². The van der Waals surface area contributed by atoms with Crippen LogP contribution in [0.25, 0.3) is 0 Å². The number of nitrogens with one attached hydrogen (secondary N) is 2. The summed E-state index contributed by atoms with van der Waals surface area (Å²) in [5.41, 5.74) is 9.27. The Kier molecular flexibility index (Phi) is 3.85. The minimum atomic E-state index is 0.0172. The van der Waals surface area contributed by atoms with Gasteiger partial charge in [0.1, 0.15) is 0 Å². The zero-order chi connectivity index (χ0) is 11.6. The molecule has 1 aromatic carbocycles. The predicted molar refractivity (Wildman–Crippen MR) is 64.5 cm³/mol. The highest BCUT2D eigenvalue weighted by Gasteiger charge is 2.15. The molecule has 3 heteroatoms. The summed E-state index contributed by atoms with van der Waals surface area (Å²) in [4.78, 5) is 0. The number of hydrogen-bond acceptors (Lipinski definition) is 3. The maximum absolute atomic E-state index is 5.54. The second kappa shape index (κ2) is 4.75. The van der Waals surface area contributed by atoms with E-state index >= 15 is 0 Å². The highest BCUT2D eigenvalue weighted by Crippen LogP contribution is 2.25. The van der Waals surface area contributed by atoms with Crippen LogP contribution in [0.1, 0.15) is 34.0 Å². The normalized spacial score (nSPS) is 12.9. The fraction of sp³-hybridized carbons (Fsp3) is 0.500. The maximum Gasteiger partial charge on any atom is 0.0963 e. The van der Waals surface area contributed by atoms with Crippen molar-refractivity contribution >= 4 is 0 Å². The molecular weight excluding hydrogens is 186 g/mol. The third kappa shape index (κ3) is 2.20. The molecule has 0 spiro atoms. The summed E-state index contributed by atoms with van der Waals surface area (Å²) >= 11 is 0. The van der Waals surface area contributed by atoms with E-state index in [9.17, 15) is 0 Å². The van der Waals surface area contributed by atoms with Crippen LogP contribution in [-0.4, -0.2) is 7.05 Å². The average molecular weight is 207 g/mol. The molecule has 0 aliphatic carbocycles. The van der Waals surface area contributed by atoms with E-state index in [2.05, 4.69) is 44.5 Å². The summed E-state index contributed by atoms with van der Waals surface area (Å²) in [7, 11) is 1.90. The number of nitrogens with two attached hydrogens (primary N) is 1. The molecule has 0 heterocycles. The molecule has 0 bridgehead atoms. The average Bonchev–Trinajstić information content (AvgIpc) is 2.21. The number of rotatable bonds is 3. The lowest BCUT2D eigenvalue weighted by molar-refractivity contribution is 0.484. The van der Waals surface area contributed by atoms with Crippen LogP contribution in [0.2, 0.25) is 0 Å². The largest absolute Gasteiger partial charge is 0.300 e. The Labute approximate surface area is 92.0 Å². The SMILES string of the molecule is CNC(NN)c1c(C)c(C)cc(C)c1C. The molecule has 4 N–H and O–H groups in total. The lowest BCUT2D eigenvalue weighted by Gasteiger charge is -2.23. The molecule has 1 atom stereocenters. The van der Waals surface area contributed by atoms with Gasteiger partial charge in [0, 0.05) is 0 Å². The van der Waals surface area contributed by atoms with Crippen molar-refractivity contribution in [2.45, 2.75) is 33.9 Å². The first-order chi connectivity index (χ1) is 7.02. The summed E-state index contributed by atoms with van der Waals surface area (Å²) in [6.07, 6.45) is 0.0172. The Hall–Kier alpha value is -0.900. The Bertz CT molecular complexity index is 328. The van der Waals surface area contributed by atoms with Crippen LogP contribution in [0.3, 0.4) is 0 Å². The summed E-state index contributed by atoms with van der Waals surface area (Å²) in [5.74, 6) is 5.54. The van der Waals surface area contributed by atoms with Gasteiger partial charge in [0.05, 0.1) is 6.17 Å². The molecule has 1 unspecified atom stereocenters. The van der Waals surface area contributed by atoms with Crippen LogP contribution < -0.4 is 16.6 Å². The summed E-state index contributed by atoms with van der Waals surface area (Å²) in [5, 5.41) is 3.17. The Morgan fingerprint density at radius 3 is 1.87 bits per heavy atom. The zero-order valence-electron chi connectivity index (χ0n) is 10.2. The van der Waals surface area contributed by atoms with Crippen LogP contribution in [0.4, 0.5) is 0 Å². The Balaban J connectivity index is 3.37. The maximum atomic E-state index is 5.54. The molecule has 0 saturated heterocycles. The van der Waals surface area contributed by atoms with Crippen LogP contribution >= 0.6 is 0 Å². The van der Waals surface area contributed by atoms with Gasteiger partial charge in [-0.2, -0.15) is 0 Å². The molecule has 0 radical (unpaired) electrons. The fourth-order valence-corrected chi connectivity index (χ4v) is 1.99. The first-order valence-corrected chi connectivity index (χ1v) is 5.23. The number of hydrogen-bond donors (Lipinski definition) is 3. The van der Waals surface area contributed by atoms with Crippen molar-refractivity contribution in [1.82, 2.24) is 10.7 Å². The predicted octanol–water partition coefficient (Wildman–Crippen LogP) is 1.60. The van der Waals surface area contributed by atoms with E-state index in [-0.39, 0.29) is 6.17 Å². The molecule has 0 fully saturated rings. The van der Waals surface area contributed by atoms with Crippen molar-refractivity contribution in [2.24, 2.45) is 5.84 Å². The highest BCUT2D eigenvalue weighted by atomic mass is 15.3. The van der Waals surface area contributed by atoms with E-state index in [0.29, 0.717) is 0 Å². The molecule has 1 aromatic rings. The second-order valence-corrected chi connectivity index (χ2v) is 4.06. The highest BCUT2D eigenvalue weighted by molar-refractivity contribution is 5.45. The fourth-order valence-electron chi connectivity index (χ4n) is 1.99. The van der Waals surface area contributed by atoms with Crippen molar-refractivity contribution < 1.29 is 0 Å². The smallest absolute Gasteiger partial charge is 0.0963 e. The Morgan fingerprint density at radius 2 is 1.53 bits per heavy atom. The van der Waals surface area contributed by atoms with E-state index in [4.69, 9.17) is 5.84 Å². The molecule has 3 nitrogen and oxygen atoms in total. The van der Waals surface area contributed by atoms with Crippen LogP contribution in [0.15, 0.2) is 6.07 Å². The van der Waals surface area contributed by atoms with Gasteiger partial charge in [0.25, 0.3) is 0 Å². The lowest BCUT2D eigenvalue weighted by Crippen LogP contribution is -2.37. The van der Waals surface area contributed by atoms with E-state index in [1.54, 1.807) is 0 Å². The van der Waals surface area contributed by atoms with Crippen LogP contribution in [0, 0.1) is 27.7 Å². The lowest BCUT2D eigenvalue weighted by atomic mass is 9.92. The minimum absolute atomic E-state index is 0.0172. The van der Waals surface area contributed by atoms with Crippen molar-refractivity contribution in [3.63, 3.8) is 0 Å². The molecule has 0 aliphatic heterocycles. The van der Waals surface area contributed by atoms with Crippen LogP contribution in [-0.2, 0) is 0 Å². The third-order valence-corrected chi connectivity index (χ3v) is 3.17. The Morgan fingerprint density at radius 1 is 1.07 bits per heavy atom. The van der Waals surface area contributed by atoms with E-state index < -0.39 is 0 Å². The van der Waals surface area contributed by atoms with E-state index in [0.717, 1.165) is 0 Å². The summed E-state index contributed by atoms with van der Waals surface area (Å²) in [6.45, 7) is 8.54. The monoisotopic (exact) mass is 207 g/mol. The first-order valence-electron chi connectivity index (χ1n) is 5.23. The van der Waals surface area contributed by atoms with Crippen molar-refractivity contribution in [3.8, 4) is 0 Å². The standard InChI is InChI=1S/C12H21N3/c1-7-6-8(2)10(4)11(9(7)3)12(14-5)15-13/h6,12,14-15H,13H2,1-5H3. The zero-order valence-corrected chi connectivity index (χ0v) is 10.2. The number of benzene rings is 1. The first kappa shape index (κ1) is 12.2. The molecule has 15 heavy (non-hydrogen) atoms. The van der Waals surface area contributed by atoms with Gasteiger partial charge in [-0.15, -0.1) is 0 Å². The minimum Gasteiger partial charge on any atom is -0.300 e. The molecular formula is C12H21N3. The van der Waals surface area contributed by atoms with Crippen LogP contribution in [0.5, 0.6) is 0 Å². The van der Waals surface area contributed by atoms with Gasteiger partial charge in [-0.3, -0.25) is 5.84 Å². The molecule has 0 amide bonds. The van der Waals surface area contributed by atoms with Gasteiger partial charge in [-0.25, -0.2) is 5.43 Å². The summed E-state index contributed by atoms with van der Waals surface area (Å²) in [6, 6.07) is 2.22. The summed E-state index contributed by atoms with van der Waals surface area (Å²) < 4.78 is 0. The molecule has 0 aromatic heterocycles. The van der Waals surface area contributed by atoms with Gasteiger partial charge < -0.3 is 5.32 Å². The second-order valence-electron chi connectivity index (χ2n) is 4.06. The van der Waals surface area contributed by atoms with Gasteiger partial charge >= 0.3 is 0 Å². The molecule has 0 aliphatic rings. The number of hydrazine groups is 1. The van der Waals surface area contributed by atoms with Gasteiger partial charge in [-0.05, 0) is 62.6 Å². The van der Waals surface area contributed by atoms with Crippen molar-refractivity contribution in [1.29, 1.82) is 0 Å². The topological polar surface area (TPSA) is 50.1 Å². The molecule has 0 saturated carbocycles.